The summed E-state index contributed by atoms with van der Waals surface area (Å²) < 4.78 is 0. The normalized spacial score (nSPS) is 27.7. The monoisotopic (exact) mass is 312 g/mol. The Morgan fingerprint density at radius 3 is 2.43 bits per heavy atom. The van der Waals surface area contributed by atoms with Crippen LogP contribution in [0.2, 0.25) is 0 Å². The summed E-state index contributed by atoms with van der Waals surface area (Å²) in [6.07, 6.45) is 9.90. The molecule has 1 aromatic rings. The summed E-state index contributed by atoms with van der Waals surface area (Å²) in [7, 11) is 0. The SMILES string of the molecule is O=C(Nc1ccc(C2CC2NCC2CC2)cc1)C1CCCCC1. The zero-order valence-electron chi connectivity index (χ0n) is 13.9. The lowest BCUT2D eigenvalue weighted by atomic mass is 9.88. The predicted octanol–water partition coefficient (Wildman–Crippen LogP) is 4.06. The first-order valence-electron chi connectivity index (χ1n) is 9.44. The van der Waals surface area contributed by atoms with Gasteiger partial charge in [0.1, 0.15) is 0 Å². The van der Waals surface area contributed by atoms with Crippen LogP contribution in [0, 0.1) is 11.8 Å². The van der Waals surface area contributed by atoms with Crippen LogP contribution >= 0.6 is 0 Å². The molecule has 3 fully saturated rings. The number of carbonyl (C=O) groups excluding carboxylic acids is 1. The molecule has 4 rings (SSSR count). The van der Waals surface area contributed by atoms with Crippen molar-refractivity contribution in [1.29, 1.82) is 0 Å². The summed E-state index contributed by atoms with van der Waals surface area (Å²) in [5, 5.41) is 6.79. The lowest BCUT2D eigenvalue weighted by Crippen LogP contribution is -2.24. The Hall–Kier alpha value is -1.35. The molecule has 1 amide bonds. The molecule has 0 heterocycles. The van der Waals surface area contributed by atoms with Crippen LogP contribution in [-0.4, -0.2) is 18.5 Å². The summed E-state index contributed by atoms with van der Waals surface area (Å²) in [6, 6.07) is 9.22. The van der Waals surface area contributed by atoms with Gasteiger partial charge in [-0.1, -0.05) is 31.4 Å². The number of carbonyl (C=O) groups is 1. The van der Waals surface area contributed by atoms with Crippen molar-refractivity contribution < 1.29 is 4.79 Å². The molecule has 3 saturated carbocycles. The topological polar surface area (TPSA) is 41.1 Å². The van der Waals surface area contributed by atoms with Gasteiger partial charge < -0.3 is 10.6 Å². The third kappa shape index (κ3) is 3.95. The Morgan fingerprint density at radius 2 is 1.74 bits per heavy atom. The average Bonchev–Trinajstić information content (AvgIpc) is 3.49. The van der Waals surface area contributed by atoms with Gasteiger partial charge in [-0.15, -0.1) is 0 Å². The van der Waals surface area contributed by atoms with Crippen LogP contribution in [0.4, 0.5) is 5.69 Å². The molecule has 23 heavy (non-hydrogen) atoms. The molecular formula is C20H28N2O. The van der Waals surface area contributed by atoms with E-state index in [-0.39, 0.29) is 11.8 Å². The first-order chi connectivity index (χ1) is 11.3. The second kappa shape index (κ2) is 6.64. The third-order valence-electron chi connectivity index (χ3n) is 5.74. The molecule has 3 aliphatic rings. The molecule has 2 atom stereocenters. The smallest absolute Gasteiger partial charge is 0.227 e. The van der Waals surface area contributed by atoms with Crippen LogP contribution in [0.15, 0.2) is 24.3 Å². The maximum absolute atomic E-state index is 12.3. The Morgan fingerprint density at radius 1 is 1.00 bits per heavy atom. The van der Waals surface area contributed by atoms with Gasteiger partial charge in [0.05, 0.1) is 0 Å². The average molecular weight is 312 g/mol. The quantitative estimate of drug-likeness (QED) is 0.831. The van der Waals surface area contributed by atoms with Crippen molar-refractivity contribution in [3.8, 4) is 0 Å². The largest absolute Gasteiger partial charge is 0.326 e. The number of anilines is 1. The highest BCUT2D eigenvalue weighted by Crippen LogP contribution is 2.42. The van der Waals surface area contributed by atoms with Crippen molar-refractivity contribution in [1.82, 2.24) is 5.32 Å². The van der Waals surface area contributed by atoms with E-state index in [2.05, 4.69) is 34.9 Å². The van der Waals surface area contributed by atoms with Crippen LogP contribution < -0.4 is 10.6 Å². The van der Waals surface area contributed by atoms with Gasteiger partial charge >= 0.3 is 0 Å². The Labute approximate surface area is 139 Å². The van der Waals surface area contributed by atoms with Crippen LogP contribution in [0.1, 0.15) is 62.8 Å². The first-order valence-corrected chi connectivity index (χ1v) is 9.44. The van der Waals surface area contributed by atoms with Crippen LogP contribution in [0.25, 0.3) is 0 Å². The van der Waals surface area contributed by atoms with Gasteiger partial charge in [0.15, 0.2) is 0 Å². The number of amides is 1. The van der Waals surface area contributed by atoms with E-state index in [4.69, 9.17) is 0 Å². The predicted molar refractivity (Wildman–Crippen MR) is 93.5 cm³/mol. The second-order valence-electron chi connectivity index (χ2n) is 7.75. The standard InChI is InChI=1S/C20H28N2O/c23-20(16-4-2-1-3-5-16)22-17-10-8-15(9-11-17)18-12-19(18)21-13-14-6-7-14/h8-11,14,16,18-19,21H,1-7,12-13H2,(H,22,23). The van der Waals surface area contributed by atoms with Crippen LogP contribution in [0.3, 0.4) is 0 Å². The highest BCUT2D eigenvalue weighted by Gasteiger charge is 2.38. The molecular weight excluding hydrogens is 284 g/mol. The summed E-state index contributed by atoms with van der Waals surface area (Å²) in [5.41, 5.74) is 2.36. The van der Waals surface area contributed by atoms with E-state index in [0.29, 0.717) is 12.0 Å². The molecule has 1 aromatic carbocycles. The molecule has 0 spiro atoms. The van der Waals surface area contributed by atoms with Crippen molar-refractivity contribution in [3.05, 3.63) is 29.8 Å². The maximum atomic E-state index is 12.3. The molecule has 0 radical (unpaired) electrons. The summed E-state index contributed by atoms with van der Waals surface area (Å²) in [5.74, 6) is 2.07. The van der Waals surface area contributed by atoms with Crippen molar-refractivity contribution in [3.63, 3.8) is 0 Å². The minimum atomic E-state index is 0.216. The van der Waals surface area contributed by atoms with Gasteiger partial charge in [-0.05, 0) is 62.3 Å². The fourth-order valence-electron chi connectivity index (χ4n) is 3.85. The van der Waals surface area contributed by atoms with E-state index in [9.17, 15) is 4.79 Å². The lowest BCUT2D eigenvalue weighted by molar-refractivity contribution is -0.120. The van der Waals surface area contributed by atoms with E-state index >= 15 is 0 Å². The molecule has 3 heteroatoms. The van der Waals surface area contributed by atoms with Gasteiger partial charge in [0, 0.05) is 23.6 Å². The molecule has 2 unspecified atom stereocenters. The summed E-state index contributed by atoms with van der Waals surface area (Å²) in [4.78, 5) is 12.3. The lowest BCUT2D eigenvalue weighted by Gasteiger charge is -2.20. The number of hydrogen-bond acceptors (Lipinski definition) is 2. The molecule has 3 nitrogen and oxygen atoms in total. The van der Waals surface area contributed by atoms with E-state index < -0.39 is 0 Å². The second-order valence-corrected chi connectivity index (χ2v) is 7.75. The van der Waals surface area contributed by atoms with Gasteiger partial charge in [0.25, 0.3) is 0 Å². The van der Waals surface area contributed by atoms with E-state index in [1.54, 1.807) is 0 Å². The third-order valence-corrected chi connectivity index (χ3v) is 5.74. The fourth-order valence-corrected chi connectivity index (χ4v) is 3.85. The Kier molecular flexibility index (Phi) is 4.39. The summed E-state index contributed by atoms with van der Waals surface area (Å²) in [6.45, 7) is 1.21. The molecule has 0 saturated heterocycles. The number of benzene rings is 1. The Bertz CT molecular complexity index is 543. The maximum Gasteiger partial charge on any atom is 0.227 e. The minimum Gasteiger partial charge on any atom is -0.326 e. The van der Waals surface area contributed by atoms with Gasteiger partial charge in [-0.3, -0.25) is 4.79 Å². The number of rotatable bonds is 6. The van der Waals surface area contributed by atoms with Gasteiger partial charge in [0.2, 0.25) is 5.91 Å². The minimum absolute atomic E-state index is 0.216. The molecule has 0 aromatic heterocycles. The van der Waals surface area contributed by atoms with E-state index in [1.165, 1.54) is 50.6 Å². The summed E-state index contributed by atoms with van der Waals surface area (Å²) >= 11 is 0. The van der Waals surface area contributed by atoms with Gasteiger partial charge in [-0.2, -0.15) is 0 Å². The van der Waals surface area contributed by atoms with Crippen molar-refractivity contribution in [2.45, 2.75) is 63.3 Å². The number of nitrogens with one attached hydrogen (secondary N) is 2. The van der Waals surface area contributed by atoms with Crippen molar-refractivity contribution in [2.75, 3.05) is 11.9 Å². The Balaban J connectivity index is 1.27. The fraction of sp³-hybridized carbons (Fsp3) is 0.650. The molecule has 3 aliphatic carbocycles. The zero-order chi connectivity index (χ0) is 15.6. The van der Waals surface area contributed by atoms with Crippen molar-refractivity contribution >= 4 is 11.6 Å². The molecule has 0 aliphatic heterocycles. The highest BCUT2D eigenvalue weighted by atomic mass is 16.1. The van der Waals surface area contributed by atoms with Crippen molar-refractivity contribution in [2.24, 2.45) is 11.8 Å². The molecule has 124 valence electrons. The number of hydrogen-bond donors (Lipinski definition) is 2. The highest BCUT2D eigenvalue weighted by molar-refractivity contribution is 5.92. The molecule has 0 bridgehead atoms. The first kappa shape index (κ1) is 15.2. The van der Waals surface area contributed by atoms with Crippen LogP contribution in [0.5, 0.6) is 0 Å². The van der Waals surface area contributed by atoms with Gasteiger partial charge in [-0.25, -0.2) is 0 Å². The van der Waals surface area contributed by atoms with E-state index in [1.807, 2.05) is 0 Å². The van der Waals surface area contributed by atoms with E-state index in [0.717, 1.165) is 24.4 Å². The van der Waals surface area contributed by atoms with Crippen LogP contribution in [-0.2, 0) is 4.79 Å². The zero-order valence-corrected chi connectivity index (χ0v) is 13.9. The molecule has 2 N–H and O–H groups in total.